The Balaban J connectivity index is 1.75. The third-order valence-electron chi connectivity index (χ3n) is 4.38. The number of nitrogens with one attached hydrogen (secondary N) is 1. The summed E-state index contributed by atoms with van der Waals surface area (Å²) in [5.74, 6) is -1.12. The predicted octanol–water partition coefficient (Wildman–Crippen LogP) is 4.36. The van der Waals surface area contributed by atoms with E-state index < -0.39 is 23.6 Å². The van der Waals surface area contributed by atoms with Gasteiger partial charge >= 0.3 is 6.18 Å². The highest BCUT2D eigenvalue weighted by Crippen LogP contribution is 2.36. The monoisotopic (exact) mass is 412 g/mol. The Hall–Kier alpha value is -2.74. The first-order valence-electron chi connectivity index (χ1n) is 8.31. The normalized spacial score (nSPS) is 17.0. The van der Waals surface area contributed by atoms with Crippen LogP contribution in [0.3, 0.4) is 0 Å². The molecule has 0 aromatic heterocycles. The van der Waals surface area contributed by atoms with Gasteiger partial charge in [0.25, 0.3) is 0 Å². The Morgan fingerprint density at radius 3 is 2.68 bits per heavy atom. The third-order valence-corrected chi connectivity index (χ3v) is 4.62. The molecule has 1 N–H and O–H groups in total. The van der Waals surface area contributed by atoms with Gasteiger partial charge < -0.3 is 15.0 Å². The van der Waals surface area contributed by atoms with Gasteiger partial charge in [0.05, 0.1) is 24.3 Å². The van der Waals surface area contributed by atoms with Crippen LogP contribution in [0.15, 0.2) is 42.5 Å². The fraction of sp³-hybridized carbons (Fsp3) is 0.263. The van der Waals surface area contributed by atoms with Crippen molar-refractivity contribution in [2.24, 2.45) is 5.92 Å². The number of methoxy groups -OCH3 is 1. The number of halogens is 4. The molecule has 1 fully saturated rings. The second kappa shape index (κ2) is 7.71. The highest BCUT2D eigenvalue weighted by Gasteiger charge is 2.37. The molecule has 1 heterocycles. The van der Waals surface area contributed by atoms with Gasteiger partial charge in [-0.2, -0.15) is 13.2 Å². The minimum Gasteiger partial charge on any atom is -0.495 e. The molecule has 2 aromatic rings. The zero-order valence-electron chi connectivity index (χ0n) is 14.7. The second-order valence-electron chi connectivity index (χ2n) is 6.29. The Morgan fingerprint density at radius 2 is 2.00 bits per heavy atom. The van der Waals surface area contributed by atoms with Crippen molar-refractivity contribution in [2.75, 3.05) is 23.9 Å². The van der Waals surface area contributed by atoms with E-state index in [1.54, 1.807) is 18.2 Å². The van der Waals surface area contributed by atoms with E-state index in [4.69, 9.17) is 16.3 Å². The first-order valence-corrected chi connectivity index (χ1v) is 8.69. The van der Waals surface area contributed by atoms with Crippen LogP contribution >= 0.6 is 11.6 Å². The van der Waals surface area contributed by atoms with Gasteiger partial charge in [0.2, 0.25) is 11.8 Å². The molecule has 0 radical (unpaired) electrons. The van der Waals surface area contributed by atoms with Crippen molar-refractivity contribution in [3.8, 4) is 5.75 Å². The topological polar surface area (TPSA) is 58.6 Å². The number of carbonyl (C=O) groups excluding carboxylic acids is 2. The fourth-order valence-electron chi connectivity index (χ4n) is 3.01. The first-order chi connectivity index (χ1) is 13.2. The standard InChI is InChI=1S/C19H16ClF3N2O3/c1-28-16-6-5-13(20)9-15(16)25-10-11(7-17(25)26)18(27)24-14-4-2-3-12(8-14)19(21,22)23/h2-6,8-9,11H,7,10H2,1H3,(H,24,27)/t11-/m0/s1. The van der Waals surface area contributed by atoms with Crippen LogP contribution in [0.5, 0.6) is 5.75 Å². The van der Waals surface area contributed by atoms with Crippen LogP contribution in [0.25, 0.3) is 0 Å². The number of carbonyl (C=O) groups is 2. The highest BCUT2D eigenvalue weighted by molar-refractivity contribution is 6.31. The zero-order chi connectivity index (χ0) is 20.5. The maximum absolute atomic E-state index is 12.8. The van der Waals surface area contributed by atoms with E-state index in [0.717, 1.165) is 12.1 Å². The second-order valence-corrected chi connectivity index (χ2v) is 6.73. The molecule has 0 saturated carbocycles. The van der Waals surface area contributed by atoms with Gasteiger partial charge in [-0.25, -0.2) is 0 Å². The summed E-state index contributed by atoms with van der Waals surface area (Å²) < 4.78 is 43.7. The van der Waals surface area contributed by atoms with Crippen molar-refractivity contribution < 1.29 is 27.5 Å². The van der Waals surface area contributed by atoms with E-state index in [2.05, 4.69) is 5.32 Å². The lowest BCUT2D eigenvalue weighted by molar-refractivity contribution is -0.137. The molecule has 2 amide bonds. The Morgan fingerprint density at radius 1 is 1.25 bits per heavy atom. The molecule has 2 aromatic carbocycles. The molecule has 1 aliphatic heterocycles. The Labute approximate surface area is 164 Å². The summed E-state index contributed by atoms with van der Waals surface area (Å²) >= 11 is 5.99. The third kappa shape index (κ3) is 4.22. The molecule has 1 aliphatic rings. The van der Waals surface area contributed by atoms with Crippen molar-refractivity contribution in [3.05, 3.63) is 53.1 Å². The summed E-state index contributed by atoms with van der Waals surface area (Å²) in [7, 11) is 1.45. The average molecular weight is 413 g/mol. The number of ether oxygens (including phenoxy) is 1. The van der Waals surface area contributed by atoms with Gasteiger partial charge in [0.15, 0.2) is 0 Å². The van der Waals surface area contributed by atoms with Crippen molar-refractivity contribution in [1.82, 2.24) is 0 Å². The number of anilines is 2. The van der Waals surface area contributed by atoms with Crippen LogP contribution in [0.4, 0.5) is 24.5 Å². The molecule has 9 heteroatoms. The Kier molecular flexibility index (Phi) is 5.51. The van der Waals surface area contributed by atoms with E-state index in [1.165, 1.54) is 24.1 Å². The molecule has 1 atom stereocenters. The van der Waals surface area contributed by atoms with Gasteiger partial charge in [-0.1, -0.05) is 17.7 Å². The van der Waals surface area contributed by atoms with E-state index in [1.807, 2.05) is 0 Å². The van der Waals surface area contributed by atoms with Crippen LogP contribution in [0.2, 0.25) is 5.02 Å². The molecular formula is C19H16ClF3N2O3. The van der Waals surface area contributed by atoms with Gasteiger partial charge in [-0.05, 0) is 36.4 Å². The maximum Gasteiger partial charge on any atom is 0.416 e. The number of alkyl halides is 3. The van der Waals surface area contributed by atoms with Crippen LogP contribution in [0.1, 0.15) is 12.0 Å². The molecule has 0 spiro atoms. The summed E-state index contributed by atoms with van der Waals surface area (Å²) in [5.41, 5.74) is -0.404. The lowest BCUT2D eigenvalue weighted by atomic mass is 10.1. The lowest BCUT2D eigenvalue weighted by Crippen LogP contribution is -2.28. The van der Waals surface area contributed by atoms with Crippen LogP contribution < -0.4 is 15.0 Å². The summed E-state index contributed by atoms with van der Waals surface area (Å²) in [6.07, 6.45) is -4.58. The van der Waals surface area contributed by atoms with E-state index >= 15 is 0 Å². The van der Waals surface area contributed by atoms with Crippen molar-refractivity contribution in [1.29, 1.82) is 0 Å². The fourth-order valence-corrected chi connectivity index (χ4v) is 3.17. The minimum absolute atomic E-state index is 0.0195. The number of rotatable bonds is 4. The number of nitrogens with zero attached hydrogens (tertiary/aromatic N) is 1. The SMILES string of the molecule is COc1ccc(Cl)cc1N1C[C@@H](C(=O)Nc2cccc(C(F)(F)F)c2)CC1=O. The predicted molar refractivity (Wildman–Crippen MR) is 98.5 cm³/mol. The van der Waals surface area contributed by atoms with Crippen LogP contribution in [-0.2, 0) is 15.8 Å². The molecule has 1 saturated heterocycles. The molecule has 148 valence electrons. The molecule has 0 unspecified atom stereocenters. The van der Waals surface area contributed by atoms with E-state index in [0.29, 0.717) is 16.5 Å². The lowest BCUT2D eigenvalue weighted by Gasteiger charge is -2.20. The first kappa shape index (κ1) is 20.0. The smallest absolute Gasteiger partial charge is 0.416 e. The molecule has 5 nitrogen and oxygen atoms in total. The average Bonchev–Trinajstić information content (AvgIpc) is 3.03. The van der Waals surface area contributed by atoms with Crippen LogP contribution in [0, 0.1) is 5.92 Å². The quantitative estimate of drug-likeness (QED) is 0.811. The molecular weight excluding hydrogens is 397 g/mol. The number of benzene rings is 2. The number of hydrogen-bond acceptors (Lipinski definition) is 3. The van der Waals surface area contributed by atoms with Gasteiger partial charge in [-0.3, -0.25) is 9.59 Å². The zero-order valence-corrected chi connectivity index (χ0v) is 15.5. The summed E-state index contributed by atoms with van der Waals surface area (Å²) in [6, 6.07) is 9.13. The maximum atomic E-state index is 12.8. The summed E-state index contributed by atoms with van der Waals surface area (Å²) in [4.78, 5) is 26.3. The number of hydrogen-bond donors (Lipinski definition) is 1. The largest absolute Gasteiger partial charge is 0.495 e. The minimum atomic E-state index is -4.51. The van der Waals surface area contributed by atoms with Crippen LogP contribution in [-0.4, -0.2) is 25.5 Å². The van der Waals surface area contributed by atoms with Crippen molar-refractivity contribution in [3.63, 3.8) is 0 Å². The highest BCUT2D eigenvalue weighted by atomic mass is 35.5. The molecule has 0 bridgehead atoms. The van der Waals surface area contributed by atoms with Crippen molar-refractivity contribution >= 4 is 34.8 Å². The van der Waals surface area contributed by atoms with E-state index in [9.17, 15) is 22.8 Å². The van der Waals surface area contributed by atoms with Gasteiger partial charge in [0.1, 0.15) is 5.75 Å². The number of amides is 2. The van der Waals surface area contributed by atoms with Gasteiger partial charge in [-0.15, -0.1) is 0 Å². The van der Waals surface area contributed by atoms with Crippen molar-refractivity contribution in [2.45, 2.75) is 12.6 Å². The van der Waals surface area contributed by atoms with E-state index in [-0.39, 0.29) is 24.6 Å². The Bertz CT molecular complexity index is 918. The van der Waals surface area contributed by atoms with Gasteiger partial charge in [0, 0.05) is 23.7 Å². The summed E-state index contributed by atoms with van der Waals surface area (Å²) in [6.45, 7) is 0.0698. The molecule has 28 heavy (non-hydrogen) atoms. The summed E-state index contributed by atoms with van der Waals surface area (Å²) in [5, 5.41) is 2.86. The molecule has 3 rings (SSSR count). The molecule has 0 aliphatic carbocycles.